The third-order valence-corrected chi connectivity index (χ3v) is 10.4. The predicted octanol–water partition coefficient (Wildman–Crippen LogP) is 7.16. The molecule has 3 aromatic rings. The Morgan fingerprint density at radius 2 is 1.63 bits per heavy atom. The third kappa shape index (κ3) is 3.21. The maximum Gasteiger partial charge on any atom is 0.169 e. The number of thioether (sulfide) groups is 1. The fourth-order valence-corrected chi connectivity index (χ4v) is 8.73. The maximum atomic E-state index is 6.75. The molecule has 0 saturated heterocycles. The molecule has 5 heterocycles. The zero-order valence-corrected chi connectivity index (χ0v) is 22.9. The molecule has 0 aromatic heterocycles. The van der Waals surface area contributed by atoms with Crippen molar-refractivity contribution >= 4 is 33.2 Å². The van der Waals surface area contributed by atoms with Gasteiger partial charge in [0, 0.05) is 46.3 Å². The summed E-state index contributed by atoms with van der Waals surface area (Å²) in [4.78, 5) is 12.0. The fraction of sp³-hybridized carbons (Fsp3) is 0.364. The number of anilines is 1. The number of ether oxygens (including phenoxy) is 1. The molecule has 192 valence electrons. The van der Waals surface area contributed by atoms with Crippen LogP contribution in [0.25, 0.3) is 10.6 Å². The molecule has 5 aliphatic heterocycles. The molecule has 0 bridgehead atoms. The first-order valence-electron chi connectivity index (χ1n) is 14.1. The number of aliphatic imine (C=N–C) groups is 1. The highest BCUT2D eigenvalue weighted by Crippen LogP contribution is 2.58. The predicted molar refractivity (Wildman–Crippen MR) is 158 cm³/mol. The van der Waals surface area contributed by atoms with Crippen LogP contribution in [0.1, 0.15) is 60.5 Å². The highest BCUT2D eigenvalue weighted by Gasteiger charge is 2.53. The first-order chi connectivity index (χ1) is 18.6. The lowest BCUT2D eigenvalue weighted by Gasteiger charge is -2.51. The van der Waals surface area contributed by atoms with E-state index >= 15 is 0 Å². The Morgan fingerprint density at radius 1 is 0.921 bits per heavy atom. The van der Waals surface area contributed by atoms with Crippen molar-refractivity contribution in [3.8, 4) is 5.75 Å². The second-order valence-corrected chi connectivity index (χ2v) is 12.7. The molecule has 0 amide bonds. The van der Waals surface area contributed by atoms with Crippen molar-refractivity contribution in [1.82, 2.24) is 4.90 Å². The summed E-state index contributed by atoms with van der Waals surface area (Å²) in [6, 6.07) is 24.3. The van der Waals surface area contributed by atoms with Gasteiger partial charge < -0.3 is 14.5 Å². The molecular formula is C33H33N3OS. The SMILES string of the molecule is CC1(C)[C@H]2COc3c(cc4c5c3CCCN5CCC4)[C@@H]2N=C2SC(c3ccccc3)=C(c3ccccc3)N21. The van der Waals surface area contributed by atoms with E-state index in [1.54, 1.807) is 0 Å². The van der Waals surface area contributed by atoms with E-state index in [1.807, 2.05) is 11.8 Å². The average Bonchev–Trinajstić information content (AvgIpc) is 3.35. The van der Waals surface area contributed by atoms with Gasteiger partial charge >= 0.3 is 0 Å². The standard InChI is InChI=1S/C33H33N3OS/c1-33(2)26-20-37-30-24-16-10-18-35-17-9-15-23(28(24)35)19-25(30)27(26)34-32-36(33)29(21-11-5-3-6-12-21)31(38-32)22-13-7-4-8-14-22/h3-8,11-14,19,26-27H,9-10,15-18,20H2,1-2H3/t26-,27-/m0/s1. The van der Waals surface area contributed by atoms with Crippen LogP contribution >= 0.6 is 11.8 Å². The van der Waals surface area contributed by atoms with Gasteiger partial charge in [0.05, 0.1) is 18.3 Å². The van der Waals surface area contributed by atoms with Crippen molar-refractivity contribution in [2.45, 2.75) is 51.1 Å². The van der Waals surface area contributed by atoms with Crippen molar-refractivity contribution < 1.29 is 4.74 Å². The van der Waals surface area contributed by atoms with E-state index in [1.165, 1.54) is 76.5 Å². The lowest BCUT2D eigenvalue weighted by molar-refractivity contribution is 0.0739. The molecule has 4 nitrogen and oxygen atoms in total. The van der Waals surface area contributed by atoms with E-state index in [9.17, 15) is 0 Å². The van der Waals surface area contributed by atoms with Gasteiger partial charge in [-0.15, -0.1) is 0 Å². The van der Waals surface area contributed by atoms with E-state index in [2.05, 4.69) is 90.4 Å². The van der Waals surface area contributed by atoms with Gasteiger partial charge in [0.2, 0.25) is 0 Å². The molecule has 5 aliphatic rings. The number of hydrogen-bond donors (Lipinski definition) is 0. The van der Waals surface area contributed by atoms with Gasteiger partial charge in [-0.25, -0.2) is 0 Å². The molecule has 2 atom stereocenters. The summed E-state index contributed by atoms with van der Waals surface area (Å²) in [5.41, 5.74) is 9.39. The molecular weight excluding hydrogens is 486 g/mol. The molecule has 8 rings (SSSR count). The number of hydrogen-bond acceptors (Lipinski definition) is 5. The highest BCUT2D eigenvalue weighted by atomic mass is 32.2. The summed E-state index contributed by atoms with van der Waals surface area (Å²) in [5.74, 6) is 1.41. The zero-order valence-electron chi connectivity index (χ0n) is 22.1. The van der Waals surface area contributed by atoms with Crippen LogP contribution in [-0.4, -0.2) is 35.3 Å². The summed E-state index contributed by atoms with van der Waals surface area (Å²) in [6.07, 6.45) is 4.75. The van der Waals surface area contributed by atoms with E-state index in [0.717, 1.165) is 17.3 Å². The van der Waals surface area contributed by atoms with Crippen LogP contribution in [0.15, 0.2) is 71.7 Å². The number of benzene rings is 3. The lowest BCUT2D eigenvalue weighted by atomic mass is 9.74. The van der Waals surface area contributed by atoms with Crippen LogP contribution in [0.4, 0.5) is 5.69 Å². The van der Waals surface area contributed by atoms with Crippen LogP contribution in [-0.2, 0) is 12.8 Å². The van der Waals surface area contributed by atoms with Crippen LogP contribution in [0, 0.1) is 5.92 Å². The Balaban J connectivity index is 1.30. The van der Waals surface area contributed by atoms with Gasteiger partial charge in [-0.1, -0.05) is 60.7 Å². The molecule has 0 aliphatic carbocycles. The van der Waals surface area contributed by atoms with Crippen molar-refractivity contribution in [1.29, 1.82) is 0 Å². The first kappa shape index (κ1) is 22.8. The Hall–Kier alpha value is -3.18. The van der Waals surface area contributed by atoms with E-state index in [-0.39, 0.29) is 17.5 Å². The lowest BCUT2D eigenvalue weighted by Crippen LogP contribution is -2.56. The van der Waals surface area contributed by atoms with Crippen molar-refractivity contribution in [3.63, 3.8) is 0 Å². The molecule has 3 aromatic carbocycles. The van der Waals surface area contributed by atoms with Gasteiger partial charge in [0.15, 0.2) is 5.17 Å². The van der Waals surface area contributed by atoms with Gasteiger partial charge in [-0.05, 0) is 74.0 Å². The second-order valence-electron chi connectivity index (χ2n) is 11.8. The minimum atomic E-state index is -0.159. The highest BCUT2D eigenvalue weighted by molar-refractivity contribution is 8.22. The van der Waals surface area contributed by atoms with Gasteiger partial charge in [-0.3, -0.25) is 4.99 Å². The second kappa shape index (κ2) is 8.41. The topological polar surface area (TPSA) is 28.1 Å². The Kier molecular flexibility index (Phi) is 5.04. The van der Waals surface area contributed by atoms with Crippen LogP contribution < -0.4 is 9.64 Å². The maximum absolute atomic E-state index is 6.75. The summed E-state index contributed by atoms with van der Waals surface area (Å²) in [7, 11) is 0. The molecule has 0 unspecified atom stereocenters. The normalized spacial score (nSPS) is 24.6. The number of aryl methyl sites for hydroxylation is 1. The van der Waals surface area contributed by atoms with Gasteiger partial charge in [0.25, 0.3) is 0 Å². The first-order valence-corrected chi connectivity index (χ1v) is 14.9. The van der Waals surface area contributed by atoms with Crippen molar-refractivity contribution in [3.05, 3.63) is 94.5 Å². The van der Waals surface area contributed by atoms with Crippen molar-refractivity contribution in [2.24, 2.45) is 10.9 Å². The van der Waals surface area contributed by atoms with Crippen LogP contribution in [0.5, 0.6) is 5.75 Å². The quantitative estimate of drug-likeness (QED) is 0.359. The summed E-state index contributed by atoms with van der Waals surface area (Å²) in [5, 5.41) is 1.12. The Bertz CT molecular complexity index is 1490. The van der Waals surface area contributed by atoms with Gasteiger partial charge in [0.1, 0.15) is 5.75 Å². The van der Waals surface area contributed by atoms with Crippen LogP contribution in [0.2, 0.25) is 0 Å². The molecule has 0 spiro atoms. The van der Waals surface area contributed by atoms with E-state index < -0.39 is 0 Å². The summed E-state index contributed by atoms with van der Waals surface area (Å²) >= 11 is 1.84. The molecule has 0 N–H and O–H groups in total. The molecule has 0 fully saturated rings. The number of amidine groups is 1. The summed E-state index contributed by atoms with van der Waals surface area (Å²) in [6.45, 7) is 7.87. The monoisotopic (exact) mass is 519 g/mol. The molecule has 38 heavy (non-hydrogen) atoms. The average molecular weight is 520 g/mol. The minimum absolute atomic E-state index is 0.124. The number of rotatable bonds is 2. The Morgan fingerprint density at radius 3 is 2.39 bits per heavy atom. The summed E-state index contributed by atoms with van der Waals surface area (Å²) < 4.78 is 6.75. The van der Waals surface area contributed by atoms with Gasteiger partial charge in [-0.2, -0.15) is 0 Å². The van der Waals surface area contributed by atoms with E-state index in [0.29, 0.717) is 6.61 Å². The molecule has 0 radical (unpaired) electrons. The molecule has 0 saturated carbocycles. The van der Waals surface area contributed by atoms with Crippen molar-refractivity contribution in [2.75, 3.05) is 24.6 Å². The number of nitrogens with zero attached hydrogens (tertiary/aromatic N) is 3. The fourth-order valence-electron chi connectivity index (χ4n) is 7.40. The van der Waals surface area contributed by atoms with E-state index in [4.69, 9.17) is 9.73 Å². The van der Waals surface area contributed by atoms with Crippen LogP contribution in [0.3, 0.4) is 0 Å². The largest absolute Gasteiger partial charge is 0.492 e. The number of fused-ring (bicyclic) bond motifs is 5. The minimum Gasteiger partial charge on any atom is -0.492 e. The zero-order chi connectivity index (χ0) is 25.4. The smallest absolute Gasteiger partial charge is 0.169 e. The third-order valence-electron chi connectivity index (χ3n) is 9.25. The molecule has 5 heteroatoms. The Labute approximate surface area is 229 Å².